The number of ether oxygens (including phenoxy) is 1. The van der Waals surface area contributed by atoms with Crippen molar-refractivity contribution in [1.82, 2.24) is 0 Å². The Morgan fingerprint density at radius 1 is 1.45 bits per heavy atom. The average molecular weight is 407 g/mol. The Morgan fingerprint density at radius 2 is 2.10 bits per heavy atom. The molecule has 6 heteroatoms. The predicted octanol–water partition coefficient (Wildman–Crippen LogP) is 5.08. The predicted molar refractivity (Wildman–Crippen MR) is 85.6 cm³/mol. The molecule has 0 spiro atoms. The third-order valence-electron chi connectivity index (χ3n) is 4.41. The van der Waals surface area contributed by atoms with Crippen molar-refractivity contribution in [3.8, 4) is 5.75 Å². The highest BCUT2D eigenvalue weighted by atomic mass is 79.9. The standard InChI is InChI=1S/C14H17Br2NO3/c1-3-14(4-2)11(15)8-12(14)20-10-7-5-6-9(13(10)16)17(18)19/h5-7,11-12H,3-4,8H2,1-2H3. The minimum absolute atomic E-state index is 0.0378. The third-order valence-corrected chi connectivity index (χ3v) is 6.49. The molecule has 0 saturated heterocycles. The normalized spacial score (nSPS) is 24.0. The molecule has 110 valence electrons. The van der Waals surface area contributed by atoms with Crippen LogP contribution in [0.4, 0.5) is 5.69 Å². The summed E-state index contributed by atoms with van der Waals surface area (Å²) in [4.78, 5) is 11.0. The lowest BCUT2D eigenvalue weighted by atomic mass is 9.62. The van der Waals surface area contributed by atoms with Gasteiger partial charge in [-0.05, 0) is 41.3 Å². The summed E-state index contributed by atoms with van der Waals surface area (Å²) in [5, 5.41) is 10.9. The van der Waals surface area contributed by atoms with Crippen LogP contribution in [0.3, 0.4) is 0 Å². The van der Waals surface area contributed by atoms with Crippen LogP contribution in [0.25, 0.3) is 0 Å². The Balaban J connectivity index is 2.23. The molecule has 1 aromatic rings. The zero-order chi connectivity index (χ0) is 14.9. The first kappa shape index (κ1) is 15.8. The molecule has 2 rings (SSSR count). The monoisotopic (exact) mass is 405 g/mol. The highest BCUT2D eigenvalue weighted by molar-refractivity contribution is 9.10. The van der Waals surface area contributed by atoms with Gasteiger partial charge >= 0.3 is 0 Å². The van der Waals surface area contributed by atoms with Crippen LogP contribution in [-0.2, 0) is 0 Å². The molecule has 1 fully saturated rings. The summed E-state index contributed by atoms with van der Waals surface area (Å²) in [5.74, 6) is 0.551. The molecule has 1 aliphatic carbocycles. The van der Waals surface area contributed by atoms with Gasteiger partial charge in [0.15, 0.2) is 0 Å². The van der Waals surface area contributed by atoms with Crippen LogP contribution < -0.4 is 4.74 Å². The maximum atomic E-state index is 10.9. The Morgan fingerprint density at radius 3 is 2.60 bits per heavy atom. The second kappa shape index (κ2) is 6.02. The lowest BCUT2D eigenvalue weighted by Crippen LogP contribution is -2.56. The number of alkyl halides is 1. The largest absolute Gasteiger partial charge is 0.488 e. The molecule has 0 aliphatic heterocycles. The summed E-state index contributed by atoms with van der Waals surface area (Å²) >= 11 is 7.00. The average Bonchev–Trinajstić information content (AvgIpc) is 2.41. The molecule has 20 heavy (non-hydrogen) atoms. The molecule has 0 heterocycles. The molecule has 2 atom stereocenters. The van der Waals surface area contributed by atoms with E-state index in [2.05, 4.69) is 45.7 Å². The van der Waals surface area contributed by atoms with Crippen molar-refractivity contribution in [2.45, 2.75) is 44.0 Å². The van der Waals surface area contributed by atoms with Crippen LogP contribution in [-0.4, -0.2) is 15.9 Å². The Labute approximate surface area is 135 Å². The first-order chi connectivity index (χ1) is 9.46. The topological polar surface area (TPSA) is 52.4 Å². The van der Waals surface area contributed by atoms with Crippen LogP contribution >= 0.6 is 31.9 Å². The van der Waals surface area contributed by atoms with E-state index in [0.717, 1.165) is 19.3 Å². The van der Waals surface area contributed by atoms with E-state index in [1.165, 1.54) is 6.07 Å². The van der Waals surface area contributed by atoms with Crippen LogP contribution in [0.1, 0.15) is 33.1 Å². The first-order valence-corrected chi connectivity index (χ1v) is 8.40. The zero-order valence-corrected chi connectivity index (χ0v) is 14.6. The number of halogens is 2. The van der Waals surface area contributed by atoms with Crippen LogP contribution in [0.2, 0.25) is 0 Å². The number of hydrogen-bond acceptors (Lipinski definition) is 3. The second-order valence-corrected chi connectivity index (χ2v) is 6.99. The van der Waals surface area contributed by atoms with Gasteiger partial charge in [0.1, 0.15) is 16.3 Å². The van der Waals surface area contributed by atoms with Crippen molar-refractivity contribution in [2.75, 3.05) is 0 Å². The summed E-state index contributed by atoms with van der Waals surface area (Å²) in [6.45, 7) is 4.32. The molecule has 0 bridgehead atoms. The van der Waals surface area contributed by atoms with Gasteiger partial charge in [0.25, 0.3) is 5.69 Å². The van der Waals surface area contributed by atoms with Crippen molar-refractivity contribution in [1.29, 1.82) is 0 Å². The summed E-state index contributed by atoms with van der Waals surface area (Å²) in [6.07, 6.45) is 3.07. The number of nitro benzene ring substituents is 1. The number of rotatable bonds is 5. The lowest BCUT2D eigenvalue weighted by Gasteiger charge is -2.52. The molecular formula is C14H17Br2NO3. The Hall–Kier alpha value is -0.620. The van der Waals surface area contributed by atoms with E-state index in [-0.39, 0.29) is 17.2 Å². The van der Waals surface area contributed by atoms with Crippen molar-refractivity contribution in [3.63, 3.8) is 0 Å². The minimum Gasteiger partial charge on any atom is -0.488 e. The molecule has 0 amide bonds. The molecule has 0 radical (unpaired) electrons. The van der Waals surface area contributed by atoms with Crippen molar-refractivity contribution < 1.29 is 9.66 Å². The lowest BCUT2D eigenvalue weighted by molar-refractivity contribution is -0.385. The highest BCUT2D eigenvalue weighted by Crippen LogP contribution is 2.53. The quantitative estimate of drug-likeness (QED) is 0.389. The zero-order valence-electron chi connectivity index (χ0n) is 11.4. The van der Waals surface area contributed by atoms with Crippen LogP contribution in [0.5, 0.6) is 5.75 Å². The molecule has 1 saturated carbocycles. The fraction of sp³-hybridized carbons (Fsp3) is 0.571. The Bertz CT molecular complexity index is 517. The number of benzene rings is 1. The van der Waals surface area contributed by atoms with E-state index in [1.54, 1.807) is 12.1 Å². The molecule has 2 unspecified atom stereocenters. The minimum atomic E-state index is -0.405. The van der Waals surface area contributed by atoms with Gasteiger partial charge in [-0.3, -0.25) is 10.1 Å². The van der Waals surface area contributed by atoms with Crippen molar-refractivity contribution in [2.24, 2.45) is 5.41 Å². The van der Waals surface area contributed by atoms with Gasteiger partial charge in [-0.1, -0.05) is 35.8 Å². The van der Waals surface area contributed by atoms with E-state index >= 15 is 0 Å². The van der Waals surface area contributed by atoms with E-state index in [0.29, 0.717) is 15.0 Å². The van der Waals surface area contributed by atoms with Gasteiger partial charge in [0.2, 0.25) is 0 Å². The number of nitrogens with zero attached hydrogens (tertiary/aromatic N) is 1. The fourth-order valence-corrected chi connectivity index (χ4v) is 4.68. The molecule has 0 aromatic heterocycles. The summed E-state index contributed by atoms with van der Waals surface area (Å²) < 4.78 is 6.48. The van der Waals surface area contributed by atoms with Crippen LogP contribution in [0, 0.1) is 15.5 Å². The Kier molecular flexibility index (Phi) is 4.74. The number of nitro groups is 1. The maximum absolute atomic E-state index is 10.9. The highest BCUT2D eigenvalue weighted by Gasteiger charge is 2.53. The van der Waals surface area contributed by atoms with Gasteiger partial charge in [0, 0.05) is 16.3 Å². The molecule has 4 nitrogen and oxygen atoms in total. The van der Waals surface area contributed by atoms with Gasteiger partial charge in [0.05, 0.1) is 4.92 Å². The molecule has 0 N–H and O–H groups in total. The van der Waals surface area contributed by atoms with E-state index in [9.17, 15) is 10.1 Å². The molecule has 1 aromatic carbocycles. The van der Waals surface area contributed by atoms with Gasteiger partial charge in [-0.25, -0.2) is 0 Å². The number of hydrogen-bond donors (Lipinski definition) is 0. The smallest absolute Gasteiger partial charge is 0.287 e. The van der Waals surface area contributed by atoms with E-state index < -0.39 is 4.92 Å². The van der Waals surface area contributed by atoms with Gasteiger partial charge in [-0.2, -0.15) is 0 Å². The van der Waals surface area contributed by atoms with Gasteiger partial charge in [-0.15, -0.1) is 0 Å². The maximum Gasteiger partial charge on any atom is 0.287 e. The van der Waals surface area contributed by atoms with E-state index in [1.807, 2.05) is 0 Å². The first-order valence-electron chi connectivity index (χ1n) is 6.69. The van der Waals surface area contributed by atoms with Gasteiger partial charge < -0.3 is 4.74 Å². The van der Waals surface area contributed by atoms with Crippen molar-refractivity contribution >= 4 is 37.5 Å². The summed E-state index contributed by atoms with van der Waals surface area (Å²) in [5.41, 5.74) is 0.153. The van der Waals surface area contributed by atoms with Crippen molar-refractivity contribution in [3.05, 3.63) is 32.8 Å². The fourth-order valence-electron chi connectivity index (χ4n) is 2.90. The summed E-state index contributed by atoms with van der Waals surface area (Å²) in [6, 6.07) is 4.90. The molecular weight excluding hydrogens is 390 g/mol. The SMILES string of the molecule is CCC1(CC)C(Br)CC1Oc1cccc([N+](=O)[O-])c1Br. The van der Waals surface area contributed by atoms with E-state index in [4.69, 9.17) is 4.74 Å². The molecule has 1 aliphatic rings. The summed E-state index contributed by atoms with van der Waals surface area (Å²) in [7, 11) is 0. The third kappa shape index (κ3) is 2.48. The second-order valence-electron chi connectivity index (χ2n) is 5.10. The van der Waals surface area contributed by atoms with Crippen LogP contribution in [0.15, 0.2) is 22.7 Å².